The molecule has 1 N–H and O–H groups in total. The molecular weight excluding hydrogens is 304 g/mol. The standard InChI is InChI=1S/C18H32N4O2/c1-4-24-16-13-15(18(16)7-5-6-8-18)20-17(19-3)22-11-9-21(10-12-22)14(2)23/h15-16H,4-13H2,1-3H3,(H,19,20). The predicted molar refractivity (Wildman–Crippen MR) is 95.0 cm³/mol. The smallest absolute Gasteiger partial charge is 0.219 e. The fourth-order valence-corrected chi connectivity index (χ4v) is 4.78. The van der Waals surface area contributed by atoms with E-state index in [-0.39, 0.29) is 5.91 Å². The van der Waals surface area contributed by atoms with E-state index >= 15 is 0 Å². The average Bonchev–Trinajstić information content (AvgIpc) is 3.10. The Morgan fingerprint density at radius 3 is 2.38 bits per heavy atom. The van der Waals surface area contributed by atoms with Crippen molar-refractivity contribution in [2.75, 3.05) is 39.8 Å². The fourth-order valence-electron chi connectivity index (χ4n) is 4.78. The van der Waals surface area contributed by atoms with Gasteiger partial charge in [0.15, 0.2) is 5.96 Å². The third kappa shape index (κ3) is 3.13. The van der Waals surface area contributed by atoms with E-state index in [4.69, 9.17) is 4.74 Å². The van der Waals surface area contributed by atoms with Crippen molar-refractivity contribution < 1.29 is 9.53 Å². The number of guanidine groups is 1. The molecule has 6 heteroatoms. The summed E-state index contributed by atoms with van der Waals surface area (Å²) in [6.45, 7) is 7.83. The van der Waals surface area contributed by atoms with Gasteiger partial charge in [-0.05, 0) is 26.2 Å². The van der Waals surface area contributed by atoms with Crippen molar-refractivity contribution in [2.45, 2.75) is 58.1 Å². The minimum absolute atomic E-state index is 0.168. The van der Waals surface area contributed by atoms with E-state index < -0.39 is 0 Å². The second kappa shape index (κ2) is 7.30. The molecule has 0 radical (unpaired) electrons. The molecule has 2 saturated carbocycles. The lowest BCUT2D eigenvalue weighted by Crippen LogP contribution is -2.66. The molecule has 0 bridgehead atoms. The molecule has 3 fully saturated rings. The molecule has 0 aromatic rings. The molecule has 24 heavy (non-hydrogen) atoms. The minimum atomic E-state index is 0.168. The highest BCUT2D eigenvalue weighted by atomic mass is 16.5. The SMILES string of the molecule is CCOC1CC(NC(=NC)N2CCN(C(C)=O)CC2)C12CCCC2. The molecule has 0 aromatic carbocycles. The van der Waals surface area contributed by atoms with Crippen LogP contribution in [0, 0.1) is 5.41 Å². The Hall–Kier alpha value is -1.30. The van der Waals surface area contributed by atoms with E-state index in [1.54, 1.807) is 6.92 Å². The lowest BCUT2D eigenvalue weighted by Gasteiger charge is -2.55. The number of nitrogens with one attached hydrogen (secondary N) is 1. The fraction of sp³-hybridized carbons (Fsp3) is 0.889. The molecular formula is C18H32N4O2. The lowest BCUT2D eigenvalue weighted by molar-refractivity contribution is -0.130. The van der Waals surface area contributed by atoms with Crippen molar-refractivity contribution in [3.63, 3.8) is 0 Å². The Bertz CT molecular complexity index is 479. The van der Waals surface area contributed by atoms with Gasteiger partial charge in [0.1, 0.15) is 0 Å². The van der Waals surface area contributed by atoms with E-state index in [0.29, 0.717) is 17.6 Å². The highest BCUT2D eigenvalue weighted by Gasteiger charge is 2.57. The van der Waals surface area contributed by atoms with Gasteiger partial charge >= 0.3 is 0 Å². The van der Waals surface area contributed by atoms with Gasteiger partial charge in [0.2, 0.25) is 5.91 Å². The molecule has 6 nitrogen and oxygen atoms in total. The van der Waals surface area contributed by atoms with Gasteiger partial charge in [0, 0.05) is 58.2 Å². The second-order valence-corrected chi connectivity index (χ2v) is 7.36. The number of piperazine rings is 1. The van der Waals surface area contributed by atoms with Gasteiger partial charge in [0.05, 0.1) is 6.10 Å². The van der Waals surface area contributed by atoms with E-state index in [1.165, 1.54) is 25.7 Å². The van der Waals surface area contributed by atoms with Crippen LogP contribution >= 0.6 is 0 Å². The molecule has 2 aliphatic carbocycles. The molecule has 136 valence electrons. The van der Waals surface area contributed by atoms with Crippen molar-refractivity contribution >= 4 is 11.9 Å². The summed E-state index contributed by atoms with van der Waals surface area (Å²) >= 11 is 0. The summed E-state index contributed by atoms with van der Waals surface area (Å²) in [6, 6.07) is 0.473. The first-order valence-corrected chi connectivity index (χ1v) is 9.46. The van der Waals surface area contributed by atoms with Crippen LogP contribution in [-0.4, -0.2) is 73.6 Å². The maximum Gasteiger partial charge on any atom is 0.219 e. The van der Waals surface area contributed by atoms with Crippen LogP contribution in [0.3, 0.4) is 0 Å². The summed E-state index contributed by atoms with van der Waals surface area (Å²) in [5, 5.41) is 3.73. The molecule has 1 saturated heterocycles. The van der Waals surface area contributed by atoms with Gasteiger partial charge in [-0.15, -0.1) is 0 Å². The van der Waals surface area contributed by atoms with Crippen LogP contribution in [0.1, 0.15) is 46.0 Å². The molecule has 1 heterocycles. The molecule has 1 spiro atoms. The number of amides is 1. The highest BCUT2D eigenvalue weighted by Crippen LogP contribution is 2.54. The van der Waals surface area contributed by atoms with Crippen LogP contribution in [0.5, 0.6) is 0 Å². The number of nitrogens with zero attached hydrogens (tertiary/aromatic N) is 3. The van der Waals surface area contributed by atoms with Crippen LogP contribution in [-0.2, 0) is 9.53 Å². The maximum atomic E-state index is 11.5. The third-order valence-electron chi connectivity index (χ3n) is 6.23. The van der Waals surface area contributed by atoms with Gasteiger partial charge in [-0.25, -0.2) is 0 Å². The van der Waals surface area contributed by atoms with Crippen LogP contribution in [0.2, 0.25) is 0 Å². The number of carbonyl (C=O) groups excluding carboxylic acids is 1. The molecule has 3 rings (SSSR count). The Kier molecular flexibility index (Phi) is 5.33. The van der Waals surface area contributed by atoms with Gasteiger partial charge in [-0.3, -0.25) is 9.79 Å². The zero-order chi connectivity index (χ0) is 17.2. The van der Waals surface area contributed by atoms with Crippen molar-refractivity contribution in [1.29, 1.82) is 0 Å². The van der Waals surface area contributed by atoms with Gasteiger partial charge in [-0.1, -0.05) is 12.8 Å². The van der Waals surface area contributed by atoms with Crippen molar-refractivity contribution in [3.8, 4) is 0 Å². The van der Waals surface area contributed by atoms with Crippen LogP contribution < -0.4 is 5.32 Å². The zero-order valence-electron chi connectivity index (χ0n) is 15.4. The summed E-state index contributed by atoms with van der Waals surface area (Å²) in [7, 11) is 1.86. The Morgan fingerprint density at radius 1 is 1.21 bits per heavy atom. The van der Waals surface area contributed by atoms with E-state index in [0.717, 1.165) is 45.2 Å². The van der Waals surface area contributed by atoms with Crippen molar-refractivity contribution in [1.82, 2.24) is 15.1 Å². The normalized spacial score (nSPS) is 29.7. The molecule has 2 atom stereocenters. The number of aliphatic imine (C=N–C) groups is 1. The summed E-state index contributed by atoms with van der Waals surface area (Å²) in [6.07, 6.45) is 6.67. The van der Waals surface area contributed by atoms with Gasteiger partial charge in [0.25, 0.3) is 0 Å². The van der Waals surface area contributed by atoms with Crippen LogP contribution in [0.15, 0.2) is 4.99 Å². The Morgan fingerprint density at radius 2 is 1.83 bits per heavy atom. The minimum Gasteiger partial charge on any atom is -0.378 e. The summed E-state index contributed by atoms with van der Waals surface area (Å²) in [4.78, 5) is 20.2. The van der Waals surface area contributed by atoms with Gasteiger partial charge in [-0.2, -0.15) is 0 Å². The quantitative estimate of drug-likeness (QED) is 0.626. The number of rotatable bonds is 3. The summed E-state index contributed by atoms with van der Waals surface area (Å²) in [5.41, 5.74) is 0.313. The number of hydrogen-bond acceptors (Lipinski definition) is 3. The van der Waals surface area contributed by atoms with Crippen LogP contribution in [0.4, 0.5) is 0 Å². The Labute approximate surface area is 145 Å². The van der Waals surface area contributed by atoms with Crippen molar-refractivity contribution in [3.05, 3.63) is 0 Å². The molecule has 0 aromatic heterocycles. The van der Waals surface area contributed by atoms with Gasteiger partial charge < -0.3 is 19.9 Å². The summed E-state index contributed by atoms with van der Waals surface area (Å²) < 4.78 is 6.01. The number of hydrogen-bond donors (Lipinski definition) is 1. The van der Waals surface area contributed by atoms with E-state index in [1.807, 2.05) is 11.9 Å². The Balaban J connectivity index is 1.59. The second-order valence-electron chi connectivity index (χ2n) is 7.36. The van der Waals surface area contributed by atoms with E-state index in [9.17, 15) is 4.79 Å². The average molecular weight is 336 g/mol. The highest BCUT2D eigenvalue weighted by molar-refractivity contribution is 5.81. The monoisotopic (exact) mass is 336 g/mol. The first-order chi connectivity index (χ1) is 11.6. The first kappa shape index (κ1) is 17.5. The molecule has 2 unspecified atom stereocenters. The zero-order valence-corrected chi connectivity index (χ0v) is 15.4. The maximum absolute atomic E-state index is 11.5. The molecule has 1 aliphatic heterocycles. The number of ether oxygens (including phenoxy) is 1. The largest absolute Gasteiger partial charge is 0.378 e. The van der Waals surface area contributed by atoms with E-state index in [2.05, 4.69) is 22.1 Å². The van der Waals surface area contributed by atoms with Crippen LogP contribution in [0.25, 0.3) is 0 Å². The third-order valence-corrected chi connectivity index (χ3v) is 6.23. The lowest BCUT2D eigenvalue weighted by atomic mass is 9.60. The number of carbonyl (C=O) groups is 1. The molecule has 3 aliphatic rings. The summed E-state index contributed by atoms with van der Waals surface area (Å²) in [5.74, 6) is 1.16. The first-order valence-electron chi connectivity index (χ1n) is 9.46. The van der Waals surface area contributed by atoms with Crippen molar-refractivity contribution in [2.24, 2.45) is 10.4 Å². The molecule has 1 amide bonds. The topological polar surface area (TPSA) is 57.2 Å². The predicted octanol–water partition coefficient (Wildman–Crippen LogP) is 1.46.